The predicted molar refractivity (Wildman–Crippen MR) is 90.3 cm³/mol. The molecule has 3 heteroatoms. The summed E-state index contributed by atoms with van der Waals surface area (Å²) in [4.78, 5) is 2.38. The third-order valence-corrected chi connectivity index (χ3v) is 5.39. The minimum Gasteiger partial charge on any atom is -0.326 e. The molecule has 0 saturated heterocycles. The van der Waals surface area contributed by atoms with Gasteiger partial charge in [-0.15, -0.1) is 0 Å². The van der Waals surface area contributed by atoms with E-state index < -0.39 is 0 Å². The van der Waals surface area contributed by atoms with Crippen LogP contribution in [0.2, 0.25) is 0 Å². The van der Waals surface area contributed by atoms with Gasteiger partial charge in [0, 0.05) is 15.2 Å². The van der Waals surface area contributed by atoms with Gasteiger partial charge in [0.25, 0.3) is 0 Å². The van der Waals surface area contributed by atoms with Gasteiger partial charge < -0.3 is 10.6 Å². The second kappa shape index (κ2) is 6.55. The van der Waals surface area contributed by atoms with Crippen LogP contribution in [-0.4, -0.2) is 30.6 Å². The maximum Gasteiger partial charge on any atom is 0.0357 e. The van der Waals surface area contributed by atoms with Gasteiger partial charge in [-0.1, -0.05) is 31.4 Å². The van der Waals surface area contributed by atoms with Crippen LogP contribution in [0.15, 0.2) is 24.3 Å². The lowest BCUT2D eigenvalue weighted by atomic mass is 9.74. The van der Waals surface area contributed by atoms with Gasteiger partial charge in [0.15, 0.2) is 0 Å². The van der Waals surface area contributed by atoms with E-state index in [0.29, 0.717) is 0 Å². The molecular formula is C16H25IN2. The van der Waals surface area contributed by atoms with Gasteiger partial charge >= 0.3 is 0 Å². The van der Waals surface area contributed by atoms with Gasteiger partial charge in [0.2, 0.25) is 0 Å². The van der Waals surface area contributed by atoms with E-state index in [1.54, 1.807) is 0 Å². The standard InChI is InChI=1S/C16H25IN2/c1-19(2)16(10-4-3-5-11-16)15(18)12-13-6-8-14(17)9-7-13/h6-9,15H,3-5,10-12,18H2,1-2H3. The maximum absolute atomic E-state index is 6.61. The lowest BCUT2D eigenvalue weighted by Crippen LogP contribution is -2.59. The summed E-state index contributed by atoms with van der Waals surface area (Å²) in [6.45, 7) is 0. The van der Waals surface area contributed by atoms with Crippen molar-refractivity contribution in [1.82, 2.24) is 4.90 Å². The van der Waals surface area contributed by atoms with E-state index in [0.717, 1.165) is 6.42 Å². The highest BCUT2D eigenvalue weighted by molar-refractivity contribution is 14.1. The lowest BCUT2D eigenvalue weighted by molar-refractivity contribution is 0.0716. The smallest absolute Gasteiger partial charge is 0.0357 e. The molecule has 0 bridgehead atoms. The number of nitrogens with zero attached hydrogens (tertiary/aromatic N) is 1. The fraction of sp³-hybridized carbons (Fsp3) is 0.625. The van der Waals surface area contributed by atoms with Crippen LogP contribution in [-0.2, 0) is 6.42 Å². The topological polar surface area (TPSA) is 29.3 Å². The van der Waals surface area contributed by atoms with Gasteiger partial charge in [0.05, 0.1) is 0 Å². The van der Waals surface area contributed by atoms with Crippen molar-refractivity contribution in [3.05, 3.63) is 33.4 Å². The second-order valence-electron chi connectivity index (χ2n) is 6.00. The summed E-state index contributed by atoms with van der Waals surface area (Å²) in [5.74, 6) is 0. The van der Waals surface area contributed by atoms with Crippen molar-refractivity contribution >= 4 is 22.6 Å². The molecule has 0 amide bonds. The van der Waals surface area contributed by atoms with Gasteiger partial charge in [-0.05, 0) is 73.6 Å². The van der Waals surface area contributed by atoms with Gasteiger partial charge in [-0.2, -0.15) is 0 Å². The molecule has 1 aromatic rings. The van der Waals surface area contributed by atoms with E-state index in [1.807, 2.05) is 0 Å². The first-order valence-corrected chi connectivity index (χ1v) is 8.30. The van der Waals surface area contributed by atoms with Crippen LogP contribution in [0.1, 0.15) is 37.7 Å². The zero-order valence-electron chi connectivity index (χ0n) is 12.0. The molecule has 1 aromatic carbocycles. The molecule has 19 heavy (non-hydrogen) atoms. The molecule has 0 spiro atoms. The van der Waals surface area contributed by atoms with Crippen molar-refractivity contribution in [2.45, 2.75) is 50.1 Å². The monoisotopic (exact) mass is 372 g/mol. The summed E-state index contributed by atoms with van der Waals surface area (Å²) < 4.78 is 1.29. The molecule has 1 aliphatic rings. The van der Waals surface area contributed by atoms with E-state index in [4.69, 9.17) is 5.73 Å². The Morgan fingerprint density at radius 3 is 2.26 bits per heavy atom. The van der Waals surface area contributed by atoms with E-state index in [-0.39, 0.29) is 11.6 Å². The van der Waals surface area contributed by atoms with Crippen LogP contribution in [0.4, 0.5) is 0 Å². The fourth-order valence-electron chi connectivity index (χ4n) is 3.38. The summed E-state index contributed by atoms with van der Waals surface area (Å²) in [6.07, 6.45) is 7.47. The minimum atomic E-state index is 0.196. The molecule has 1 saturated carbocycles. The molecule has 0 radical (unpaired) electrons. The SMILES string of the molecule is CN(C)C1(C(N)Cc2ccc(I)cc2)CCCCC1. The number of nitrogens with two attached hydrogens (primary N) is 1. The highest BCUT2D eigenvalue weighted by Gasteiger charge is 2.39. The molecule has 1 atom stereocenters. The third-order valence-electron chi connectivity index (χ3n) is 4.67. The Morgan fingerprint density at radius 2 is 1.74 bits per heavy atom. The van der Waals surface area contributed by atoms with Crippen LogP contribution in [0.5, 0.6) is 0 Å². The molecule has 0 aliphatic heterocycles. The average Bonchev–Trinajstić information content (AvgIpc) is 2.42. The normalized spacial score (nSPS) is 20.5. The molecular weight excluding hydrogens is 347 g/mol. The molecule has 2 rings (SSSR count). The minimum absolute atomic E-state index is 0.196. The highest BCUT2D eigenvalue weighted by Crippen LogP contribution is 2.35. The number of rotatable bonds is 4. The first kappa shape index (κ1) is 15.3. The number of benzene rings is 1. The first-order valence-electron chi connectivity index (χ1n) is 7.22. The fourth-order valence-corrected chi connectivity index (χ4v) is 3.74. The summed E-state index contributed by atoms with van der Waals surface area (Å²) in [7, 11) is 4.39. The molecule has 106 valence electrons. The van der Waals surface area contributed by atoms with Crippen LogP contribution in [0, 0.1) is 3.57 Å². The molecule has 2 nitrogen and oxygen atoms in total. The van der Waals surface area contributed by atoms with Crippen LogP contribution in [0.25, 0.3) is 0 Å². The van der Waals surface area contributed by atoms with E-state index in [9.17, 15) is 0 Å². The van der Waals surface area contributed by atoms with E-state index >= 15 is 0 Å². The van der Waals surface area contributed by atoms with Crippen LogP contribution in [0.3, 0.4) is 0 Å². The Kier molecular flexibility index (Phi) is 5.26. The Bertz CT molecular complexity index is 394. The molecule has 2 N–H and O–H groups in total. The zero-order chi connectivity index (χ0) is 13.9. The quantitative estimate of drug-likeness (QED) is 0.821. The number of likely N-dealkylation sites (N-methyl/N-ethyl adjacent to an activating group) is 1. The largest absolute Gasteiger partial charge is 0.326 e. The zero-order valence-corrected chi connectivity index (χ0v) is 14.2. The highest BCUT2D eigenvalue weighted by atomic mass is 127. The Morgan fingerprint density at radius 1 is 1.16 bits per heavy atom. The number of hydrogen-bond acceptors (Lipinski definition) is 2. The molecule has 1 fully saturated rings. The van der Waals surface area contributed by atoms with Crippen molar-refractivity contribution in [1.29, 1.82) is 0 Å². The lowest BCUT2D eigenvalue weighted by Gasteiger charge is -2.47. The molecule has 1 unspecified atom stereocenters. The van der Waals surface area contributed by atoms with Gasteiger partial charge in [-0.3, -0.25) is 0 Å². The Balaban J connectivity index is 2.11. The number of hydrogen-bond donors (Lipinski definition) is 1. The van der Waals surface area contributed by atoms with Crippen molar-refractivity contribution < 1.29 is 0 Å². The summed E-state index contributed by atoms with van der Waals surface area (Å²) >= 11 is 2.35. The summed E-state index contributed by atoms with van der Waals surface area (Å²) in [5, 5.41) is 0. The Hall–Kier alpha value is -0.130. The van der Waals surface area contributed by atoms with Crippen LogP contribution < -0.4 is 5.73 Å². The third kappa shape index (κ3) is 3.50. The molecule has 0 aromatic heterocycles. The van der Waals surface area contributed by atoms with Gasteiger partial charge in [-0.25, -0.2) is 0 Å². The van der Waals surface area contributed by atoms with E-state index in [1.165, 1.54) is 41.2 Å². The van der Waals surface area contributed by atoms with Crippen molar-refractivity contribution in [3.8, 4) is 0 Å². The van der Waals surface area contributed by atoms with Crippen LogP contribution >= 0.6 is 22.6 Å². The maximum atomic E-state index is 6.61. The van der Waals surface area contributed by atoms with Crippen molar-refractivity contribution in [2.75, 3.05) is 14.1 Å². The average molecular weight is 372 g/mol. The molecule has 1 aliphatic carbocycles. The van der Waals surface area contributed by atoms with Gasteiger partial charge in [0.1, 0.15) is 0 Å². The van der Waals surface area contributed by atoms with Crippen molar-refractivity contribution in [3.63, 3.8) is 0 Å². The predicted octanol–water partition coefficient (Wildman–Crippen LogP) is 3.43. The van der Waals surface area contributed by atoms with E-state index in [2.05, 4.69) is 65.9 Å². The number of halogens is 1. The summed E-state index contributed by atoms with van der Waals surface area (Å²) in [5.41, 5.74) is 8.17. The van der Waals surface area contributed by atoms with Crippen molar-refractivity contribution in [2.24, 2.45) is 5.73 Å². The summed E-state index contributed by atoms with van der Waals surface area (Å²) in [6, 6.07) is 9.00. The first-order chi connectivity index (χ1) is 9.04. The second-order valence-corrected chi connectivity index (χ2v) is 7.24. The molecule has 0 heterocycles. The Labute approximate surface area is 130 Å².